The summed E-state index contributed by atoms with van der Waals surface area (Å²) in [5, 5.41) is 3.12. The Morgan fingerprint density at radius 3 is 2.54 bits per heavy atom. The van der Waals surface area contributed by atoms with Gasteiger partial charge in [0.2, 0.25) is 0 Å². The number of ether oxygens (including phenoxy) is 1. The molecule has 0 aliphatic carbocycles. The number of aromatic nitrogens is 3. The summed E-state index contributed by atoms with van der Waals surface area (Å²) in [5.74, 6) is 1.69. The van der Waals surface area contributed by atoms with Gasteiger partial charge in [-0.25, -0.2) is 4.98 Å². The number of nitrogens with one attached hydrogen (secondary N) is 1. The normalized spacial score (nSPS) is 15.1. The lowest BCUT2D eigenvalue weighted by Gasteiger charge is -2.41. The number of amides is 1. The van der Waals surface area contributed by atoms with E-state index in [1.165, 1.54) is 11.1 Å². The van der Waals surface area contributed by atoms with Gasteiger partial charge in [0.15, 0.2) is 0 Å². The quantitative estimate of drug-likeness (QED) is 0.403. The number of carbonyl (C=O) groups is 1. The van der Waals surface area contributed by atoms with Crippen LogP contribution in [0.3, 0.4) is 0 Å². The van der Waals surface area contributed by atoms with Gasteiger partial charge >= 0.3 is 0 Å². The summed E-state index contributed by atoms with van der Waals surface area (Å²) in [4.78, 5) is 31.4. The maximum Gasteiger partial charge on any atom is 0.253 e. The monoisotopic (exact) mass is 530 g/mol. The third-order valence-electron chi connectivity index (χ3n) is 7.90. The highest BCUT2D eigenvalue weighted by Gasteiger charge is 2.28. The number of methoxy groups -OCH3 is 1. The molecule has 1 atom stereocenters. The highest BCUT2D eigenvalue weighted by atomic mass is 16.5. The van der Waals surface area contributed by atoms with Crippen LogP contribution in [0.2, 0.25) is 0 Å². The minimum absolute atomic E-state index is 0.0308. The first-order chi connectivity index (χ1) is 18.8. The Morgan fingerprint density at radius 2 is 1.90 bits per heavy atom. The van der Waals surface area contributed by atoms with E-state index in [4.69, 9.17) is 9.72 Å². The van der Waals surface area contributed by atoms with Crippen LogP contribution in [-0.2, 0) is 6.54 Å². The van der Waals surface area contributed by atoms with Crippen LogP contribution in [0.1, 0.15) is 64.6 Å². The zero-order valence-corrected chi connectivity index (χ0v) is 24.2. The molecule has 3 aromatic heterocycles. The lowest BCUT2D eigenvalue weighted by molar-refractivity contribution is 0.0943. The van der Waals surface area contributed by atoms with Gasteiger partial charge in [0.25, 0.3) is 5.91 Å². The highest BCUT2D eigenvalue weighted by Crippen LogP contribution is 2.27. The molecule has 1 amide bonds. The van der Waals surface area contributed by atoms with Crippen molar-refractivity contribution in [3.05, 3.63) is 76.5 Å². The number of pyridine rings is 3. The summed E-state index contributed by atoms with van der Waals surface area (Å²) in [6.45, 7) is 13.7. The largest absolute Gasteiger partial charge is 0.495 e. The summed E-state index contributed by atoms with van der Waals surface area (Å²) in [5.41, 5.74) is 5.86. The van der Waals surface area contributed by atoms with E-state index in [2.05, 4.69) is 51.1 Å². The predicted molar refractivity (Wildman–Crippen MR) is 155 cm³/mol. The average Bonchev–Trinajstić information content (AvgIpc) is 2.92. The maximum absolute atomic E-state index is 12.8. The first-order valence-electron chi connectivity index (χ1n) is 13.9. The van der Waals surface area contributed by atoms with Gasteiger partial charge < -0.3 is 19.9 Å². The number of nitrogens with zero attached hydrogens (tertiary/aromatic N) is 5. The van der Waals surface area contributed by atoms with Crippen molar-refractivity contribution in [2.45, 2.75) is 72.5 Å². The lowest BCUT2D eigenvalue weighted by Crippen LogP contribution is -2.48. The van der Waals surface area contributed by atoms with Crippen LogP contribution in [0.25, 0.3) is 0 Å². The molecule has 0 saturated carbocycles. The second-order valence-electron chi connectivity index (χ2n) is 10.7. The van der Waals surface area contributed by atoms with Crippen molar-refractivity contribution in [3.8, 4) is 5.75 Å². The van der Waals surface area contributed by atoms with Crippen LogP contribution < -0.4 is 15.0 Å². The molecule has 8 nitrogen and oxygen atoms in total. The van der Waals surface area contributed by atoms with Gasteiger partial charge in [-0.2, -0.15) is 0 Å². The second kappa shape index (κ2) is 13.0. The molecule has 0 radical (unpaired) electrons. The Bertz CT molecular complexity index is 1230. The van der Waals surface area contributed by atoms with Gasteiger partial charge in [0, 0.05) is 56.4 Å². The number of carbonyl (C=O) groups excluding carboxylic acids is 1. The molecule has 4 heterocycles. The molecule has 3 aromatic rings. The van der Waals surface area contributed by atoms with Gasteiger partial charge in [-0.3, -0.25) is 14.8 Å². The van der Waals surface area contributed by atoms with Crippen molar-refractivity contribution in [1.29, 1.82) is 0 Å². The number of rotatable bonds is 10. The minimum Gasteiger partial charge on any atom is -0.495 e. The van der Waals surface area contributed by atoms with Gasteiger partial charge in [-0.1, -0.05) is 0 Å². The Balaban J connectivity index is 1.34. The van der Waals surface area contributed by atoms with Crippen LogP contribution in [0.4, 0.5) is 5.82 Å². The van der Waals surface area contributed by atoms with Gasteiger partial charge in [-0.15, -0.1) is 0 Å². The third kappa shape index (κ3) is 7.12. The molecule has 1 aliphatic rings. The minimum atomic E-state index is -0.0308. The van der Waals surface area contributed by atoms with E-state index in [0.29, 0.717) is 24.2 Å². The summed E-state index contributed by atoms with van der Waals surface area (Å²) < 4.78 is 5.33. The van der Waals surface area contributed by atoms with E-state index in [1.807, 2.05) is 45.3 Å². The summed E-state index contributed by atoms with van der Waals surface area (Å²) in [6.07, 6.45) is 8.62. The van der Waals surface area contributed by atoms with Crippen molar-refractivity contribution < 1.29 is 9.53 Å². The lowest BCUT2D eigenvalue weighted by atomic mass is 9.99. The number of hydrogen-bond donors (Lipinski definition) is 1. The molecular formula is C31H42N6O2. The topological polar surface area (TPSA) is 83.5 Å². The SMILES string of the molecule is COc1ccc(N(Cc2cnccc2C)C2CCN([C@H](C)CCNC(=O)c3c(C)cc(C)nc3C)CC2)nc1. The van der Waals surface area contributed by atoms with Gasteiger partial charge in [0.05, 0.1) is 24.6 Å². The van der Waals surface area contributed by atoms with Crippen LogP contribution in [0, 0.1) is 27.7 Å². The van der Waals surface area contributed by atoms with Crippen LogP contribution in [-0.4, -0.2) is 64.6 Å². The van der Waals surface area contributed by atoms with E-state index in [9.17, 15) is 4.79 Å². The molecule has 0 unspecified atom stereocenters. The molecular weight excluding hydrogens is 488 g/mol. The summed E-state index contributed by atoms with van der Waals surface area (Å²) in [6, 6.07) is 8.83. The van der Waals surface area contributed by atoms with Gasteiger partial charge in [0.1, 0.15) is 11.6 Å². The summed E-state index contributed by atoms with van der Waals surface area (Å²) >= 11 is 0. The molecule has 1 saturated heterocycles. The fraction of sp³-hybridized carbons (Fsp3) is 0.484. The number of piperidine rings is 1. The number of likely N-dealkylation sites (tertiary alicyclic amines) is 1. The zero-order valence-electron chi connectivity index (χ0n) is 24.2. The van der Waals surface area contributed by atoms with Crippen LogP contribution >= 0.6 is 0 Å². The highest BCUT2D eigenvalue weighted by molar-refractivity contribution is 5.96. The summed E-state index contributed by atoms with van der Waals surface area (Å²) in [7, 11) is 1.66. The number of anilines is 1. The van der Waals surface area contributed by atoms with Crippen LogP contribution in [0.15, 0.2) is 42.9 Å². The third-order valence-corrected chi connectivity index (χ3v) is 7.90. The van der Waals surface area contributed by atoms with Crippen molar-refractivity contribution >= 4 is 11.7 Å². The smallest absolute Gasteiger partial charge is 0.253 e. The standard InChI is InChI=1S/C31H42N6O2/c1-21-9-13-32-18-26(21)20-37(29-8-7-28(39-6)19-34-29)27-11-15-36(16-12-27)24(4)10-14-33-31(38)30-22(2)17-23(3)35-25(30)5/h7-9,13,17-19,24,27H,10-12,14-16,20H2,1-6H3,(H,33,38)/t24-/m1/s1. The molecule has 1 N–H and O–H groups in total. The molecule has 0 spiro atoms. The van der Waals surface area contributed by atoms with Crippen LogP contribution in [0.5, 0.6) is 5.75 Å². The average molecular weight is 531 g/mol. The fourth-order valence-corrected chi connectivity index (χ4v) is 5.58. The molecule has 1 aliphatic heterocycles. The van der Waals surface area contributed by atoms with E-state index < -0.39 is 0 Å². The first kappa shape index (κ1) is 28.5. The van der Waals surface area contributed by atoms with Crippen molar-refractivity contribution in [2.75, 3.05) is 31.6 Å². The molecule has 4 rings (SSSR count). The van der Waals surface area contributed by atoms with Crippen molar-refractivity contribution in [2.24, 2.45) is 0 Å². The number of hydrogen-bond acceptors (Lipinski definition) is 7. The van der Waals surface area contributed by atoms with E-state index >= 15 is 0 Å². The Hall–Kier alpha value is -3.52. The van der Waals surface area contributed by atoms with Gasteiger partial charge in [-0.05, 0) is 94.8 Å². The second-order valence-corrected chi connectivity index (χ2v) is 10.7. The Morgan fingerprint density at radius 1 is 1.13 bits per heavy atom. The fourth-order valence-electron chi connectivity index (χ4n) is 5.58. The molecule has 0 bridgehead atoms. The van der Waals surface area contributed by atoms with E-state index in [-0.39, 0.29) is 5.91 Å². The molecule has 39 heavy (non-hydrogen) atoms. The Kier molecular flexibility index (Phi) is 9.51. The first-order valence-corrected chi connectivity index (χ1v) is 13.9. The molecule has 8 heteroatoms. The Labute approximate surface area is 232 Å². The van der Waals surface area contributed by atoms with Crippen molar-refractivity contribution in [3.63, 3.8) is 0 Å². The molecule has 1 fully saturated rings. The van der Waals surface area contributed by atoms with Crippen molar-refractivity contribution in [1.82, 2.24) is 25.2 Å². The maximum atomic E-state index is 12.8. The molecule has 208 valence electrons. The zero-order chi connectivity index (χ0) is 27.9. The number of aryl methyl sites for hydroxylation is 4. The molecule has 0 aromatic carbocycles. The van der Waals surface area contributed by atoms with E-state index in [0.717, 1.165) is 67.4 Å². The predicted octanol–water partition coefficient (Wildman–Crippen LogP) is 4.79. The van der Waals surface area contributed by atoms with E-state index in [1.54, 1.807) is 13.3 Å².